The van der Waals surface area contributed by atoms with Crippen molar-refractivity contribution in [1.82, 2.24) is 20.4 Å². The molecule has 10 heteroatoms. The number of rotatable bonds is 8. The first-order valence-electron chi connectivity index (χ1n) is 10.2. The van der Waals surface area contributed by atoms with Gasteiger partial charge in [0, 0.05) is 50.9 Å². The van der Waals surface area contributed by atoms with Crippen molar-refractivity contribution in [2.45, 2.75) is 39.8 Å². The van der Waals surface area contributed by atoms with E-state index < -0.39 is 4.92 Å². The van der Waals surface area contributed by atoms with Crippen LogP contribution in [0.4, 0.5) is 5.69 Å². The van der Waals surface area contributed by atoms with Gasteiger partial charge in [0.1, 0.15) is 0 Å². The zero-order valence-corrected chi connectivity index (χ0v) is 20.3. The summed E-state index contributed by atoms with van der Waals surface area (Å²) in [5.74, 6) is 0.904. The summed E-state index contributed by atoms with van der Waals surface area (Å²) in [6.45, 7) is 10.9. The first-order valence-corrected chi connectivity index (χ1v) is 10.2. The second kappa shape index (κ2) is 13.4. The minimum absolute atomic E-state index is 0. The second-order valence-electron chi connectivity index (χ2n) is 7.48. The van der Waals surface area contributed by atoms with E-state index in [0.29, 0.717) is 13.1 Å². The summed E-state index contributed by atoms with van der Waals surface area (Å²) in [5, 5.41) is 17.1. The van der Waals surface area contributed by atoms with Gasteiger partial charge in [-0.15, -0.1) is 24.0 Å². The highest BCUT2D eigenvalue weighted by Crippen LogP contribution is 2.13. The minimum Gasteiger partial charge on any atom is -0.356 e. The molecule has 1 amide bonds. The lowest BCUT2D eigenvalue weighted by Gasteiger charge is -2.36. The van der Waals surface area contributed by atoms with Crippen LogP contribution in [0.1, 0.15) is 32.8 Å². The Balaban J connectivity index is 0.00000450. The smallest absolute Gasteiger partial charge is 0.269 e. The molecule has 1 saturated heterocycles. The van der Waals surface area contributed by atoms with Crippen molar-refractivity contribution in [2.24, 2.45) is 4.99 Å². The summed E-state index contributed by atoms with van der Waals surface area (Å²) >= 11 is 0. The third-order valence-electron chi connectivity index (χ3n) is 4.58. The molecule has 2 N–H and O–H groups in total. The average Bonchev–Trinajstić information content (AvgIpc) is 2.68. The standard InChI is InChI=1S/C20H32N6O3.HI/c1-4-9-21-20(22-14-17-5-7-18(8-6-17)26(28)29)25-12-10-24(11-13-25)15-19(27)23-16(2)3;/h5-8,16H,4,9-15H2,1-3H3,(H,21,22)(H,23,27);1H. The number of piperazine rings is 1. The lowest BCUT2D eigenvalue weighted by molar-refractivity contribution is -0.384. The molecular formula is C20H33IN6O3. The van der Waals surface area contributed by atoms with Gasteiger partial charge in [-0.05, 0) is 25.8 Å². The van der Waals surface area contributed by atoms with Crippen molar-refractivity contribution in [2.75, 3.05) is 39.3 Å². The predicted octanol–water partition coefficient (Wildman–Crippen LogP) is 2.21. The number of hydrogen-bond acceptors (Lipinski definition) is 5. The second-order valence-corrected chi connectivity index (χ2v) is 7.48. The van der Waals surface area contributed by atoms with Crippen LogP contribution in [0, 0.1) is 10.1 Å². The van der Waals surface area contributed by atoms with Crippen molar-refractivity contribution in [1.29, 1.82) is 0 Å². The maximum absolute atomic E-state index is 12.0. The van der Waals surface area contributed by atoms with Crippen LogP contribution in [0.2, 0.25) is 0 Å². The van der Waals surface area contributed by atoms with Gasteiger partial charge in [0.05, 0.1) is 18.0 Å². The molecule has 168 valence electrons. The molecule has 9 nitrogen and oxygen atoms in total. The minimum atomic E-state index is -0.401. The Kier molecular flexibility index (Phi) is 11.6. The van der Waals surface area contributed by atoms with Crippen LogP contribution in [0.25, 0.3) is 0 Å². The van der Waals surface area contributed by atoms with Gasteiger partial charge in [0.25, 0.3) is 5.69 Å². The van der Waals surface area contributed by atoms with Crippen LogP contribution < -0.4 is 10.6 Å². The molecule has 0 saturated carbocycles. The van der Waals surface area contributed by atoms with Gasteiger partial charge in [-0.3, -0.25) is 19.8 Å². The molecule has 0 aliphatic carbocycles. The summed E-state index contributed by atoms with van der Waals surface area (Å²) in [6, 6.07) is 6.64. The molecule has 0 aromatic heterocycles. The van der Waals surface area contributed by atoms with Crippen LogP contribution in [-0.2, 0) is 11.3 Å². The predicted molar refractivity (Wildman–Crippen MR) is 129 cm³/mol. The van der Waals surface area contributed by atoms with Crippen molar-refractivity contribution in [3.05, 3.63) is 39.9 Å². The topological polar surface area (TPSA) is 103 Å². The van der Waals surface area contributed by atoms with E-state index in [-0.39, 0.29) is 41.6 Å². The molecule has 0 atom stereocenters. The van der Waals surface area contributed by atoms with E-state index in [4.69, 9.17) is 4.99 Å². The van der Waals surface area contributed by atoms with E-state index in [9.17, 15) is 14.9 Å². The molecule has 0 unspecified atom stereocenters. The molecule has 30 heavy (non-hydrogen) atoms. The Morgan fingerprint density at radius 3 is 2.37 bits per heavy atom. The van der Waals surface area contributed by atoms with Crippen LogP contribution >= 0.6 is 24.0 Å². The number of nitro groups is 1. The molecule has 1 aliphatic rings. The first kappa shape index (κ1) is 26.1. The zero-order valence-electron chi connectivity index (χ0n) is 18.0. The summed E-state index contributed by atoms with van der Waals surface area (Å²) in [7, 11) is 0. The molecule has 1 fully saturated rings. The van der Waals surface area contributed by atoms with Crippen LogP contribution in [0.15, 0.2) is 29.3 Å². The number of nitrogens with one attached hydrogen (secondary N) is 2. The summed E-state index contributed by atoms with van der Waals surface area (Å²) < 4.78 is 0. The van der Waals surface area contributed by atoms with E-state index in [1.54, 1.807) is 12.1 Å². The average molecular weight is 532 g/mol. The Morgan fingerprint density at radius 1 is 1.20 bits per heavy atom. The molecule has 0 radical (unpaired) electrons. The fourth-order valence-electron chi connectivity index (χ4n) is 3.08. The normalized spacial score (nSPS) is 14.9. The van der Waals surface area contributed by atoms with Crippen molar-refractivity contribution in [3.63, 3.8) is 0 Å². The van der Waals surface area contributed by atoms with E-state index in [1.165, 1.54) is 12.1 Å². The molecule has 1 aromatic carbocycles. The largest absolute Gasteiger partial charge is 0.356 e. The fraction of sp³-hybridized carbons (Fsp3) is 0.600. The third-order valence-corrected chi connectivity index (χ3v) is 4.58. The molecule has 1 heterocycles. The van der Waals surface area contributed by atoms with Crippen molar-refractivity contribution in [3.8, 4) is 0 Å². The van der Waals surface area contributed by atoms with Gasteiger partial charge in [-0.2, -0.15) is 0 Å². The third kappa shape index (κ3) is 8.82. The molecular weight excluding hydrogens is 499 g/mol. The highest BCUT2D eigenvalue weighted by molar-refractivity contribution is 14.0. The molecule has 1 aliphatic heterocycles. The molecule has 2 rings (SSSR count). The number of halogens is 1. The summed E-state index contributed by atoms with van der Waals surface area (Å²) in [6.07, 6.45) is 0.992. The van der Waals surface area contributed by atoms with Crippen molar-refractivity contribution >= 4 is 41.5 Å². The molecule has 0 spiro atoms. The number of carbonyl (C=O) groups excluding carboxylic acids is 1. The summed E-state index contributed by atoms with van der Waals surface area (Å²) in [4.78, 5) is 31.4. The number of guanidine groups is 1. The summed E-state index contributed by atoms with van der Waals surface area (Å²) in [5.41, 5.74) is 1.01. The maximum Gasteiger partial charge on any atom is 0.269 e. The first-order chi connectivity index (χ1) is 13.9. The highest BCUT2D eigenvalue weighted by atomic mass is 127. The highest BCUT2D eigenvalue weighted by Gasteiger charge is 2.21. The van der Waals surface area contributed by atoms with Crippen LogP contribution in [0.5, 0.6) is 0 Å². The zero-order chi connectivity index (χ0) is 21.2. The molecule has 1 aromatic rings. The number of nitro benzene ring substituents is 1. The number of amides is 1. The van der Waals surface area contributed by atoms with Gasteiger partial charge in [0.15, 0.2) is 5.96 Å². The van der Waals surface area contributed by atoms with Gasteiger partial charge in [-0.25, -0.2) is 4.99 Å². The number of benzene rings is 1. The number of aliphatic imine (C=N–C) groups is 1. The van der Waals surface area contributed by atoms with Gasteiger partial charge in [-0.1, -0.05) is 19.1 Å². The Labute approximate surface area is 195 Å². The Bertz CT molecular complexity index is 703. The number of carbonyl (C=O) groups is 1. The van der Waals surface area contributed by atoms with Gasteiger partial charge < -0.3 is 15.5 Å². The number of nitrogens with zero attached hydrogens (tertiary/aromatic N) is 4. The SMILES string of the molecule is CCCNC(=NCc1ccc([N+](=O)[O-])cc1)N1CCN(CC(=O)NC(C)C)CC1.I. The fourth-order valence-corrected chi connectivity index (χ4v) is 3.08. The number of hydrogen-bond donors (Lipinski definition) is 2. The monoisotopic (exact) mass is 532 g/mol. The quantitative estimate of drug-likeness (QED) is 0.175. The maximum atomic E-state index is 12.0. The lowest BCUT2D eigenvalue weighted by atomic mass is 10.2. The lowest BCUT2D eigenvalue weighted by Crippen LogP contribution is -2.54. The van der Waals surface area contributed by atoms with E-state index in [1.807, 2.05) is 13.8 Å². The van der Waals surface area contributed by atoms with Gasteiger partial charge >= 0.3 is 0 Å². The van der Waals surface area contributed by atoms with Crippen molar-refractivity contribution < 1.29 is 9.72 Å². The van der Waals surface area contributed by atoms with E-state index in [0.717, 1.165) is 50.7 Å². The van der Waals surface area contributed by atoms with Crippen LogP contribution in [-0.4, -0.2) is 71.9 Å². The molecule has 0 bridgehead atoms. The number of non-ortho nitro benzene ring substituents is 1. The van der Waals surface area contributed by atoms with Gasteiger partial charge in [0.2, 0.25) is 5.91 Å². The van der Waals surface area contributed by atoms with E-state index >= 15 is 0 Å². The van der Waals surface area contributed by atoms with Crippen LogP contribution in [0.3, 0.4) is 0 Å². The van der Waals surface area contributed by atoms with E-state index in [2.05, 4.69) is 27.4 Å². The Hall–Kier alpha value is -1.95. The Morgan fingerprint density at radius 2 is 1.83 bits per heavy atom.